The van der Waals surface area contributed by atoms with Crippen molar-refractivity contribution in [2.24, 2.45) is 0 Å². The van der Waals surface area contributed by atoms with Gasteiger partial charge in [-0.1, -0.05) is 48.9 Å². The second-order valence-corrected chi connectivity index (χ2v) is 7.54. The molecule has 2 aliphatic rings. The number of carbonyl (C=O) groups is 2. The zero-order valence-electron chi connectivity index (χ0n) is 13.5. The van der Waals surface area contributed by atoms with Crippen molar-refractivity contribution < 1.29 is 9.59 Å². The summed E-state index contributed by atoms with van der Waals surface area (Å²) in [4.78, 5) is 25.3. The molecule has 24 heavy (non-hydrogen) atoms. The van der Waals surface area contributed by atoms with Crippen LogP contribution in [0.25, 0.3) is 0 Å². The molecule has 0 atom stereocenters. The Hall–Kier alpha value is -1.26. The molecular formula is C18H22Cl2N2O2. The predicted molar refractivity (Wildman–Crippen MR) is 95.9 cm³/mol. The van der Waals surface area contributed by atoms with Crippen molar-refractivity contribution in [3.8, 4) is 0 Å². The van der Waals surface area contributed by atoms with Crippen molar-refractivity contribution in [1.82, 2.24) is 10.6 Å². The molecule has 1 aromatic rings. The Morgan fingerprint density at radius 2 is 1.08 bits per heavy atom. The molecule has 2 aliphatic carbocycles. The van der Waals surface area contributed by atoms with Crippen molar-refractivity contribution in [1.29, 1.82) is 0 Å². The van der Waals surface area contributed by atoms with Gasteiger partial charge >= 0.3 is 0 Å². The smallest absolute Gasteiger partial charge is 0.252 e. The second-order valence-electron chi connectivity index (χ2n) is 6.72. The summed E-state index contributed by atoms with van der Waals surface area (Å²) in [7, 11) is 0. The summed E-state index contributed by atoms with van der Waals surface area (Å²) in [5.41, 5.74) is 0.596. The van der Waals surface area contributed by atoms with Gasteiger partial charge in [-0.05, 0) is 37.8 Å². The van der Waals surface area contributed by atoms with Crippen molar-refractivity contribution in [2.75, 3.05) is 0 Å². The molecule has 1 aromatic carbocycles. The first-order valence-electron chi connectivity index (χ1n) is 8.65. The van der Waals surface area contributed by atoms with Crippen LogP contribution in [0.2, 0.25) is 10.0 Å². The quantitative estimate of drug-likeness (QED) is 0.830. The van der Waals surface area contributed by atoms with Crippen molar-refractivity contribution in [3.05, 3.63) is 33.3 Å². The maximum absolute atomic E-state index is 12.6. The van der Waals surface area contributed by atoms with Gasteiger partial charge in [0.05, 0.1) is 21.2 Å². The fourth-order valence-electron chi connectivity index (χ4n) is 3.59. The Morgan fingerprint density at radius 3 is 1.42 bits per heavy atom. The van der Waals surface area contributed by atoms with Gasteiger partial charge in [0, 0.05) is 12.1 Å². The fraction of sp³-hybridized carbons (Fsp3) is 0.556. The predicted octanol–water partition coefficient (Wildman–Crippen LogP) is 4.34. The topological polar surface area (TPSA) is 58.2 Å². The number of carbonyl (C=O) groups excluding carboxylic acids is 2. The van der Waals surface area contributed by atoms with Gasteiger partial charge in [-0.25, -0.2) is 0 Å². The van der Waals surface area contributed by atoms with Crippen molar-refractivity contribution in [3.63, 3.8) is 0 Å². The summed E-state index contributed by atoms with van der Waals surface area (Å²) in [5, 5.41) is 6.59. The minimum atomic E-state index is -0.253. The molecule has 3 rings (SSSR count). The summed E-state index contributed by atoms with van der Waals surface area (Å²) in [6.45, 7) is 0. The third kappa shape index (κ3) is 4.04. The molecule has 0 aromatic heterocycles. The van der Waals surface area contributed by atoms with E-state index in [2.05, 4.69) is 10.6 Å². The minimum Gasteiger partial charge on any atom is -0.349 e. The number of nitrogens with one attached hydrogen (secondary N) is 2. The summed E-state index contributed by atoms with van der Waals surface area (Å²) < 4.78 is 0. The normalized spacial score (nSPS) is 18.8. The van der Waals surface area contributed by atoms with Crippen LogP contribution in [0.15, 0.2) is 12.1 Å². The first-order chi connectivity index (χ1) is 11.5. The Balaban J connectivity index is 1.81. The third-order valence-corrected chi connectivity index (χ3v) is 5.65. The second kappa shape index (κ2) is 7.75. The number of hydrogen-bond donors (Lipinski definition) is 2. The maximum Gasteiger partial charge on any atom is 0.252 e. The Bertz CT molecular complexity index is 581. The highest BCUT2D eigenvalue weighted by molar-refractivity contribution is 6.42. The molecule has 0 heterocycles. The largest absolute Gasteiger partial charge is 0.349 e. The zero-order chi connectivity index (χ0) is 17.1. The molecule has 0 radical (unpaired) electrons. The molecule has 2 saturated carbocycles. The van der Waals surface area contributed by atoms with Crippen LogP contribution < -0.4 is 10.6 Å². The summed E-state index contributed by atoms with van der Waals surface area (Å²) in [6.07, 6.45) is 8.44. The van der Waals surface area contributed by atoms with E-state index in [1.807, 2.05) is 0 Å². The fourth-order valence-corrected chi connectivity index (χ4v) is 3.92. The van der Waals surface area contributed by atoms with E-state index in [-0.39, 0.29) is 33.9 Å². The molecule has 0 bridgehead atoms. The van der Waals surface area contributed by atoms with E-state index < -0.39 is 0 Å². The number of halogens is 2. The molecule has 2 N–H and O–H groups in total. The van der Waals surface area contributed by atoms with E-state index in [9.17, 15) is 9.59 Å². The number of benzene rings is 1. The lowest BCUT2D eigenvalue weighted by Crippen LogP contribution is -2.37. The van der Waals surface area contributed by atoms with E-state index >= 15 is 0 Å². The van der Waals surface area contributed by atoms with Crippen molar-refractivity contribution in [2.45, 2.75) is 63.5 Å². The SMILES string of the molecule is O=C(NC1CCCC1)c1cc(Cl)c(Cl)cc1C(=O)NC1CCCC1. The molecule has 130 valence electrons. The van der Waals surface area contributed by atoms with Gasteiger partial charge < -0.3 is 10.6 Å². The molecule has 4 nitrogen and oxygen atoms in total. The highest BCUT2D eigenvalue weighted by Gasteiger charge is 2.25. The highest BCUT2D eigenvalue weighted by Crippen LogP contribution is 2.27. The lowest BCUT2D eigenvalue weighted by molar-refractivity contribution is 0.0903. The summed E-state index contributed by atoms with van der Waals surface area (Å²) >= 11 is 12.2. The third-order valence-electron chi connectivity index (χ3n) is 4.93. The van der Waals surface area contributed by atoms with E-state index in [1.54, 1.807) is 0 Å². The average Bonchev–Trinajstić information content (AvgIpc) is 3.23. The molecular weight excluding hydrogens is 347 g/mol. The zero-order valence-corrected chi connectivity index (χ0v) is 15.1. The Morgan fingerprint density at radius 1 is 0.750 bits per heavy atom. The van der Waals surface area contributed by atoms with Crippen LogP contribution in [-0.4, -0.2) is 23.9 Å². The van der Waals surface area contributed by atoms with Gasteiger partial charge in [-0.2, -0.15) is 0 Å². The maximum atomic E-state index is 12.6. The number of amides is 2. The number of rotatable bonds is 4. The van der Waals surface area contributed by atoms with Crippen LogP contribution in [0.3, 0.4) is 0 Å². The molecule has 0 saturated heterocycles. The van der Waals surface area contributed by atoms with Crippen LogP contribution >= 0.6 is 23.2 Å². The van der Waals surface area contributed by atoms with Crippen LogP contribution in [-0.2, 0) is 0 Å². The van der Waals surface area contributed by atoms with Crippen LogP contribution in [0, 0.1) is 0 Å². The molecule has 0 unspecified atom stereocenters. The first kappa shape index (κ1) is 17.6. The van der Waals surface area contributed by atoms with E-state index in [0.29, 0.717) is 11.1 Å². The van der Waals surface area contributed by atoms with Gasteiger partial charge in [0.2, 0.25) is 0 Å². The van der Waals surface area contributed by atoms with Gasteiger partial charge in [-0.15, -0.1) is 0 Å². The van der Waals surface area contributed by atoms with Crippen LogP contribution in [0.5, 0.6) is 0 Å². The lowest BCUT2D eigenvalue weighted by Gasteiger charge is -2.17. The minimum absolute atomic E-state index is 0.178. The summed E-state index contributed by atoms with van der Waals surface area (Å²) in [6, 6.07) is 3.35. The molecule has 6 heteroatoms. The average molecular weight is 369 g/mol. The van der Waals surface area contributed by atoms with Gasteiger partial charge in [0.1, 0.15) is 0 Å². The van der Waals surface area contributed by atoms with Gasteiger partial charge in [0.15, 0.2) is 0 Å². The first-order valence-corrected chi connectivity index (χ1v) is 9.41. The summed E-state index contributed by atoms with van der Waals surface area (Å²) in [5.74, 6) is -0.505. The van der Waals surface area contributed by atoms with Gasteiger partial charge in [-0.3, -0.25) is 9.59 Å². The molecule has 0 aliphatic heterocycles. The standard InChI is InChI=1S/C18H22Cl2N2O2/c19-15-9-13(17(23)21-11-5-1-2-6-11)14(10-16(15)20)18(24)22-12-7-3-4-8-12/h9-12H,1-8H2,(H,21,23)(H,22,24). The lowest BCUT2D eigenvalue weighted by atomic mass is 10.0. The van der Waals surface area contributed by atoms with E-state index in [1.165, 1.54) is 12.1 Å². The van der Waals surface area contributed by atoms with Gasteiger partial charge in [0.25, 0.3) is 11.8 Å². The molecule has 2 amide bonds. The molecule has 0 spiro atoms. The van der Waals surface area contributed by atoms with Crippen LogP contribution in [0.4, 0.5) is 0 Å². The van der Waals surface area contributed by atoms with E-state index in [4.69, 9.17) is 23.2 Å². The Kier molecular flexibility index (Phi) is 5.67. The molecule has 2 fully saturated rings. The highest BCUT2D eigenvalue weighted by atomic mass is 35.5. The van der Waals surface area contributed by atoms with Crippen molar-refractivity contribution >= 4 is 35.0 Å². The monoisotopic (exact) mass is 368 g/mol. The van der Waals surface area contributed by atoms with Crippen LogP contribution in [0.1, 0.15) is 72.1 Å². The number of hydrogen-bond acceptors (Lipinski definition) is 2. The Labute approximate surface area is 152 Å². The van der Waals surface area contributed by atoms with E-state index in [0.717, 1.165) is 51.4 Å².